The number of para-hydroxylation sites is 1. The second-order valence-corrected chi connectivity index (χ2v) is 5.55. The van der Waals surface area contributed by atoms with Crippen molar-refractivity contribution in [3.63, 3.8) is 0 Å². The summed E-state index contributed by atoms with van der Waals surface area (Å²) in [7, 11) is 1.26. The minimum Gasteiger partial charge on any atom is -0.469 e. The lowest BCUT2D eigenvalue weighted by Crippen LogP contribution is -2.44. The molecule has 7 heteroatoms. The van der Waals surface area contributed by atoms with Gasteiger partial charge in [0.1, 0.15) is 11.1 Å². The van der Waals surface area contributed by atoms with Crippen LogP contribution < -0.4 is 5.63 Å². The molecule has 2 aromatic rings. The van der Waals surface area contributed by atoms with Crippen LogP contribution >= 0.6 is 0 Å². The van der Waals surface area contributed by atoms with Crippen LogP contribution in [0.5, 0.6) is 0 Å². The third-order valence-electron chi connectivity index (χ3n) is 4.04. The Morgan fingerprint density at radius 3 is 2.68 bits per heavy atom. The van der Waals surface area contributed by atoms with Crippen molar-refractivity contribution in [2.75, 3.05) is 20.3 Å². The molecule has 134 valence electrons. The first-order valence-corrected chi connectivity index (χ1v) is 8.03. The highest BCUT2D eigenvalue weighted by molar-refractivity contribution is 5.97. The molecule has 0 fully saturated rings. The molecular formula is C18H21NO6. The van der Waals surface area contributed by atoms with E-state index in [1.54, 1.807) is 24.3 Å². The number of carbonyl (C=O) groups is 2. The second-order valence-electron chi connectivity index (χ2n) is 5.55. The van der Waals surface area contributed by atoms with E-state index in [0.717, 1.165) is 0 Å². The van der Waals surface area contributed by atoms with Crippen molar-refractivity contribution in [2.24, 2.45) is 0 Å². The van der Waals surface area contributed by atoms with Crippen LogP contribution in [0.1, 0.15) is 30.1 Å². The fourth-order valence-electron chi connectivity index (χ4n) is 2.58. The monoisotopic (exact) mass is 347 g/mol. The molecule has 1 amide bonds. The summed E-state index contributed by atoms with van der Waals surface area (Å²) in [5, 5.41) is 10.2. The maximum atomic E-state index is 12.9. The predicted molar refractivity (Wildman–Crippen MR) is 91.3 cm³/mol. The van der Waals surface area contributed by atoms with Gasteiger partial charge in [-0.25, -0.2) is 4.79 Å². The first-order chi connectivity index (χ1) is 12.0. The first kappa shape index (κ1) is 18.7. The van der Waals surface area contributed by atoms with Gasteiger partial charge in [-0.15, -0.1) is 0 Å². The molecule has 1 unspecified atom stereocenters. The summed E-state index contributed by atoms with van der Waals surface area (Å²) in [4.78, 5) is 37.8. The molecule has 0 aliphatic carbocycles. The van der Waals surface area contributed by atoms with Crippen molar-refractivity contribution >= 4 is 22.8 Å². The number of hydrogen-bond donors (Lipinski definition) is 1. The molecule has 2 rings (SSSR count). The SMILES string of the molecule is CCC(CO)N(CCC(=O)OC)C(=O)c1cc2ccccc2oc1=O. The summed E-state index contributed by atoms with van der Waals surface area (Å²) in [6, 6.07) is 7.84. The molecule has 0 saturated carbocycles. The average Bonchev–Trinajstić information content (AvgIpc) is 2.63. The number of nitrogens with zero attached hydrogens (tertiary/aromatic N) is 1. The van der Waals surface area contributed by atoms with Gasteiger partial charge in [0.15, 0.2) is 0 Å². The van der Waals surface area contributed by atoms with E-state index in [-0.39, 0.29) is 25.1 Å². The Bertz CT molecular complexity index is 809. The number of fused-ring (bicyclic) bond motifs is 1. The Morgan fingerprint density at radius 1 is 1.32 bits per heavy atom. The van der Waals surface area contributed by atoms with Gasteiger partial charge in [0, 0.05) is 11.9 Å². The van der Waals surface area contributed by atoms with Crippen LogP contribution in [0, 0.1) is 0 Å². The first-order valence-electron chi connectivity index (χ1n) is 8.03. The molecule has 1 atom stereocenters. The van der Waals surface area contributed by atoms with Crippen LogP contribution in [0.2, 0.25) is 0 Å². The number of esters is 1. The molecule has 1 heterocycles. The molecule has 0 aliphatic rings. The molecule has 0 spiro atoms. The van der Waals surface area contributed by atoms with Crippen LogP contribution in [0.15, 0.2) is 39.5 Å². The largest absolute Gasteiger partial charge is 0.469 e. The lowest BCUT2D eigenvalue weighted by Gasteiger charge is -2.29. The fourth-order valence-corrected chi connectivity index (χ4v) is 2.58. The minimum absolute atomic E-state index is 0.0301. The highest BCUT2D eigenvalue weighted by Crippen LogP contribution is 2.16. The molecule has 7 nitrogen and oxygen atoms in total. The van der Waals surface area contributed by atoms with Crippen molar-refractivity contribution in [1.29, 1.82) is 0 Å². The standard InChI is InChI=1S/C18H21NO6/c1-3-13(11-20)19(9-8-16(21)24-2)17(22)14-10-12-6-4-5-7-15(12)25-18(14)23/h4-7,10,13,20H,3,8-9,11H2,1-2H3. The number of carbonyl (C=O) groups excluding carboxylic acids is 2. The van der Waals surface area contributed by atoms with Crippen LogP contribution in [-0.4, -0.2) is 48.2 Å². The van der Waals surface area contributed by atoms with Crippen molar-refractivity contribution in [2.45, 2.75) is 25.8 Å². The van der Waals surface area contributed by atoms with E-state index in [4.69, 9.17) is 4.42 Å². The van der Waals surface area contributed by atoms with Gasteiger partial charge in [0.25, 0.3) is 5.91 Å². The molecule has 1 N–H and O–H groups in total. The summed E-state index contributed by atoms with van der Waals surface area (Å²) in [5.74, 6) is -1.06. The van der Waals surface area contributed by atoms with Crippen LogP contribution in [0.3, 0.4) is 0 Å². The lowest BCUT2D eigenvalue weighted by molar-refractivity contribution is -0.140. The maximum Gasteiger partial charge on any atom is 0.349 e. The Hall–Kier alpha value is -2.67. The molecule has 0 saturated heterocycles. The normalized spacial score (nSPS) is 12.0. The number of amides is 1. The van der Waals surface area contributed by atoms with E-state index in [9.17, 15) is 19.5 Å². The van der Waals surface area contributed by atoms with Gasteiger partial charge in [-0.2, -0.15) is 0 Å². The molecule has 0 radical (unpaired) electrons. The number of methoxy groups -OCH3 is 1. The summed E-state index contributed by atoms with van der Waals surface area (Å²) in [6.07, 6.45) is 0.444. The van der Waals surface area contributed by atoms with Crippen molar-refractivity contribution in [1.82, 2.24) is 4.90 Å². The molecule has 0 aliphatic heterocycles. The van der Waals surface area contributed by atoms with E-state index in [0.29, 0.717) is 17.4 Å². The van der Waals surface area contributed by atoms with E-state index in [1.807, 2.05) is 6.92 Å². The molecular weight excluding hydrogens is 326 g/mol. The van der Waals surface area contributed by atoms with Gasteiger partial charge in [0.2, 0.25) is 0 Å². The Kier molecular flexibility index (Phi) is 6.30. The fraction of sp³-hybridized carbons (Fsp3) is 0.389. The number of benzene rings is 1. The summed E-state index contributed by atoms with van der Waals surface area (Å²) in [5.41, 5.74) is -0.491. The van der Waals surface area contributed by atoms with Crippen molar-refractivity contribution < 1.29 is 23.8 Å². The molecule has 1 aromatic heterocycles. The lowest BCUT2D eigenvalue weighted by atomic mass is 10.1. The number of ether oxygens (including phenoxy) is 1. The van der Waals surface area contributed by atoms with Crippen LogP contribution in [0.25, 0.3) is 11.0 Å². The van der Waals surface area contributed by atoms with E-state index in [1.165, 1.54) is 18.1 Å². The van der Waals surface area contributed by atoms with Crippen LogP contribution in [0.4, 0.5) is 0 Å². The highest BCUT2D eigenvalue weighted by Gasteiger charge is 2.26. The Labute approximate surface area is 144 Å². The molecule has 25 heavy (non-hydrogen) atoms. The maximum absolute atomic E-state index is 12.9. The Morgan fingerprint density at radius 2 is 2.04 bits per heavy atom. The van der Waals surface area contributed by atoms with Gasteiger partial charge < -0.3 is 19.2 Å². The third kappa shape index (κ3) is 4.24. The zero-order valence-corrected chi connectivity index (χ0v) is 14.2. The van der Waals surface area contributed by atoms with Gasteiger partial charge in [-0.1, -0.05) is 25.1 Å². The van der Waals surface area contributed by atoms with Gasteiger partial charge in [-0.05, 0) is 18.6 Å². The molecule has 0 bridgehead atoms. The Balaban J connectivity index is 2.39. The predicted octanol–water partition coefficient (Wildman–Crippen LogP) is 1.57. The second kappa shape index (κ2) is 8.43. The number of rotatable bonds is 7. The summed E-state index contributed by atoms with van der Waals surface area (Å²) >= 11 is 0. The number of hydrogen-bond acceptors (Lipinski definition) is 6. The average molecular weight is 347 g/mol. The summed E-state index contributed by atoms with van der Waals surface area (Å²) < 4.78 is 9.80. The topological polar surface area (TPSA) is 97.1 Å². The van der Waals surface area contributed by atoms with Crippen LogP contribution in [-0.2, 0) is 9.53 Å². The van der Waals surface area contributed by atoms with Gasteiger partial charge >= 0.3 is 11.6 Å². The summed E-state index contributed by atoms with van der Waals surface area (Å²) in [6.45, 7) is 1.57. The molecule has 1 aromatic carbocycles. The third-order valence-corrected chi connectivity index (χ3v) is 4.04. The van der Waals surface area contributed by atoms with Gasteiger partial charge in [-0.3, -0.25) is 9.59 Å². The minimum atomic E-state index is -0.750. The highest BCUT2D eigenvalue weighted by atomic mass is 16.5. The smallest absolute Gasteiger partial charge is 0.349 e. The quantitative estimate of drug-likeness (QED) is 0.603. The zero-order valence-electron chi connectivity index (χ0n) is 14.2. The van der Waals surface area contributed by atoms with Gasteiger partial charge in [0.05, 0.1) is 26.2 Å². The number of aliphatic hydroxyl groups excluding tert-OH is 1. The van der Waals surface area contributed by atoms with Crippen molar-refractivity contribution in [3.8, 4) is 0 Å². The number of aliphatic hydroxyl groups is 1. The van der Waals surface area contributed by atoms with Crippen molar-refractivity contribution in [3.05, 3.63) is 46.3 Å². The van der Waals surface area contributed by atoms with E-state index in [2.05, 4.69) is 4.74 Å². The zero-order chi connectivity index (χ0) is 18.4. The van der Waals surface area contributed by atoms with E-state index >= 15 is 0 Å². The van der Waals surface area contributed by atoms with E-state index < -0.39 is 23.5 Å².